The summed E-state index contributed by atoms with van der Waals surface area (Å²) in [4.78, 5) is 12.9. The van der Waals surface area contributed by atoms with Crippen molar-refractivity contribution in [2.45, 2.75) is 43.9 Å². The lowest BCUT2D eigenvalue weighted by Crippen LogP contribution is -2.39. The molecule has 1 saturated heterocycles. The molecule has 0 spiro atoms. The summed E-state index contributed by atoms with van der Waals surface area (Å²) in [5, 5.41) is 12.1. The standard InChI is InChI=1S/C23H26N4O3S2/c1-3-17-10-12-19(13-11-17)32(29,30)27-14-6-8-18(15-27)22-25-26-23(31-22)21(28)24-20-9-5-4-7-16(20)2/h4-5,7,9-13,18H,3,6,8,14-15H2,1-2H3,(H,24,28)/t18-/m1/s1. The summed E-state index contributed by atoms with van der Waals surface area (Å²) in [6.45, 7) is 4.78. The lowest BCUT2D eigenvalue weighted by molar-refractivity contribution is 0.102. The number of aryl methyl sites for hydroxylation is 2. The van der Waals surface area contributed by atoms with Crippen molar-refractivity contribution in [1.29, 1.82) is 0 Å². The summed E-state index contributed by atoms with van der Waals surface area (Å²) in [5.74, 6) is -0.384. The molecule has 0 saturated carbocycles. The van der Waals surface area contributed by atoms with Gasteiger partial charge in [-0.25, -0.2) is 8.42 Å². The van der Waals surface area contributed by atoms with E-state index in [4.69, 9.17) is 0 Å². The Morgan fingerprint density at radius 3 is 2.62 bits per heavy atom. The second-order valence-electron chi connectivity index (χ2n) is 7.91. The number of anilines is 1. The van der Waals surface area contributed by atoms with Gasteiger partial charge in [-0.15, -0.1) is 10.2 Å². The van der Waals surface area contributed by atoms with Crippen LogP contribution in [0.4, 0.5) is 5.69 Å². The first-order valence-corrected chi connectivity index (χ1v) is 12.9. The fourth-order valence-electron chi connectivity index (χ4n) is 3.79. The van der Waals surface area contributed by atoms with Crippen molar-refractivity contribution >= 4 is 33.0 Å². The van der Waals surface area contributed by atoms with Crippen LogP contribution in [0.2, 0.25) is 0 Å². The van der Waals surface area contributed by atoms with Gasteiger partial charge in [0.25, 0.3) is 5.91 Å². The molecule has 4 rings (SSSR count). The van der Waals surface area contributed by atoms with E-state index in [1.165, 1.54) is 15.6 Å². The Labute approximate surface area is 192 Å². The summed E-state index contributed by atoms with van der Waals surface area (Å²) in [6, 6.07) is 14.6. The van der Waals surface area contributed by atoms with Gasteiger partial charge in [0.2, 0.25) is 15.0 Å². The SMILES string of the molecule is CCc1ccc(S(=O)(=O)N2CCC[C@@H](c3nnc(C(=O)Nc4ccccc4C)s3)C2)cc1. The summed E-state index contributed by atoms with van der Waals surface area (Å²) in [6.07, 6.45) is 2.42. The highest BCUT2D eigenvalue weighted by atomic mass is 32.2. The van der Waals surface area contributed by atoms with Crippen molar-refractivity contribution in [2.24, 2.45) is 0 Å². The molecule has 0 unspecified atom stereocenters. The third kappa shape index (κ3) is 4.74. The number of sulfonamides is 1. The maximum absolute atomic E-state index is 13.1. The van der Waals surface area contributed by atoms with Crippen molar-refractivity contribution in [3.63, 3.8) is 0 Å². The Balaban J connectivity index is 1.47. The zero-order valence-electron chi connectivity index (χ0n) is 18.1. The van der Waals surface area contributed by atoms with Gasteiger partial charge in [-0.1, -0.05) is 48.6 Å². The molecule has 2 heterocycles. The van der Waals surface area contributed by atoms with Crippen molar-refractivity contribution < 1.29 is 13.2 Å². The normalized spacial score (nSPS) is 17.2. The van der Waals surface area contributed by atoms with E-state index in [1.54, 1.807) is 12.1 Å². The molecule has 0 aliphatic carbocycles. The van der Waals surface area contributed by atoms with Crippen LogP contribution < -0.4 is 5.32 Å². The van der Waals surface area contributed by atoms with E-state index in [1.807, 2.05) is 50.2 Å². The van der Waals surface area contributed by atoms with Crippen LogP contribution in [-0.2, 0) is 16.4 Å². The summed E-state index contributed by atoms with van der Waals surface area (Å²) in [7, 11) is -3.57. The highest BCUT2D eigenvalue weighted by Gasteiger charge is 2.32. The van der Waals surface area contributed by atoms with Crippen LogP contribution in [0.3, 0.4) is 0 Å². The number of hydrogen-bond donors (Lipinski definition) is 1. The first kappa shape index (κ1) is 22.6. The molecule has 9 heteroatoms. The molecule has 1 aromatic heterocycles. The molecular weight excluding hydrogens is 444 g/mol. The smallest absolute Gasteiger partial charge is 0.286 e. The van der Waals surface area contributed by atoms with E-state index in [2.05, 4.69) is 15.5 Å². The molecule has 1 aliphatic rings. The van der Waals surface area contributed by atoms with Gasteiger partial charge in [-0.05, 0) is 55.5 Å². The van der Waals surface area contributed by atoms with Gasteiger partial charge in [0.1, 0.15) is 5.01 Å². The summed E-state index contributed by atoms with van der Waals surface area (Å²) < 4.78 is 27.8. The van der Waals surface area contributed by atoms with Crippen LogP contribution in [0, 0.1) is 6.92 Å². The minimum absolute atomic E-state index is 0.0778. The fraction of sp³-hybridized carbons (Fsp3) is 0.348. The fourth-order valence-corrected chi connectivity index (χ4v) is 6.18. The third-order valence-corrected chi connectivity index (χ3v) is 8.69. The first-order chi connectivity index (χ1) is 15.4. The Bertz CT molecular complexity index is 1210. The molecule has 0 radical (unpaired) electrons. The highest BCUT2D eigenvalue weighted by Crippen LogP contribution is 2.32. The van der Waals surface area contributed by atoms with Crippen molar-refractivity contribution in [1.82, 2.24) is 14.5 Å². The van der Waals surface area contributed by atoms with Crippen LogP contribution in [0.25, 0.3) is 0 Å². The lowest BCUT2D eigenvalue weighted by atomic mass is 10.0. The molecule has 1 N–H and O–H groups in total. The third-order valence-electron chi connectivity index (χ3n) is 5.73. The van der Waals surface area contributed by atoms with E-state index < -0.39 is 10.0 Å². The first-order valence-electron chi connectivity index (χ1n) is 10.7. The topological polar surface area (TPSA) is 92.3 Å². The number of hydrogen-bond acceptors (Lipinski definition) is 6. The molecule has 3 aromatic rings. The van der Waals surface area contributed by atoms with Gasteiger partial charge in [0.15, 0.2) is 0 Å². The van der Waals surface area contributed by atoms with Crippen molar-refractivity contribution in [3.8, 4) is 0 Å². The van der Waals surface area contributed by atoms with Crippen molar-refractivity contribution in [3.05, 3.63) is 69.7 Å². The number of rotatable bonds is 6. The van der Waals surface area contributed by atoms with Crippen LogP contribution in [0.5, 0.6) is 0 Å². The Morgan fingerprint density at radius 1 is 1.16 bits per heavy atom. The number of amides is 1. The van der Waals surface area contributed by atoms with Gasteiger partial charge < -0.3 is 5.32 Å². The number of benzene rings is 2. The van der Waals surface area contributed by atoms with Gasteiger partial charge in [0.05, 0.1) is 4.90 Å². The molecule has 0 bridgehead atoms. The van der Waals surface area contributed by atoms with Gasteiger partial charge in [-0.2, -0.15) is 4.31 Å². The molecule has 1 amide bonds. The minimum Gasteiger partial charge on any atom is -0.320 e. The van der Waals surface area contributed by atoms with Crippen molar-refractivity contribution in [2.75, 3.05) is 18.4 Å². The maximum atomic E-state index is 13.1. The Hall–Kier alpha value is -2.62. The zero-order chi connectivity index (χ0) is 22.7. The number of nitrogens with zero attached hydrogens (tertiary/aromatic N) is 3. The number of para-hydroxylation sites is 1. The molecule has 2 aromatic carbocycles. The highest BCUT2D eigenvalue weighted by molar-refractivity contribution is 7.89. The molecule has 1 fully saturated rings. The minimum atomic E-state index is -3.57. The van der Waals surface area contributed by atoms with Crippen LogP contribution in [0.1, 0.15) is 51.6 Å². The van der Waals surface area contributed by atoms with Gasteiger partial charge in [-0.3, -0.25) is 4.79 Å². The number of piperidine rings is 1. The van der Waals surface area contributed by atoms with E-state index >= 15 is 0 Å². The van der Waals surface area contributed by atoms with E-state index in [0.29, 0.717) is 23.0 Å². The molecule has 1 aliphatic heterocycles. The largest absolute Gasteiger partial charge is 0.320 e. The lowest BCUT2D eigenvalue weighted by Gasteiger charge is -2.30. The average molecular weight is 471 g/mol. The van der Waals surface area contributed by atoms with E-state index in [0.717, 1.165) is 36.1 Å². The quantitative estimate of drug-likeness (QED) is 0.582. The van der Waals surface area contributed by atoms with Gasteiger partial charge in [0, 0.05) is 24.7 Å². The predicted octanol–water partition coefficient (Wildman–Crippen LogP) is 4.23. The second-order valence-corrected chi connectivity index (χ2v) is 10.9. The summed E-state index contributed by atoms with van der Waals surface area (Å²) >= 11 is 1.23. The Morgan fingerprint density at radius 2 is 1.91 bits per heavy atom. The summed E-state index contributed by atoms with van der Waals surface area (Å²) in [5.41, 5.74) is 2.80. The number of carbonyl (C=O) groups is 1. The zero-order valence-corrected chi connectivity index (χ0v) is 19.7. The maximum Gasteiger partial charge on any atom is 0.286 e. The molecule has 7 nitrogen and oxygen atoms in total. The van der Waals surface area contributed by atoms with Crippen LogP contribution in [0.15, 0.2) is 53.4 Å². The van der Waals surface area contributed by atoms with Gasteiger partial charge >= 0.3 is 0 Å². The van der Waals surface area contributed by atoms with Crippen LogP contribution >= 0.6 is 11.3 Å². The van der Waals surface area contributed by atoms with E-state index in [9.17, 15) is 13.2 Å². The van der Waals surface area contributed by atoms with E-state index in [-0.39, 0.29) is 16.8 Å². The predicted molar refractivity (Wildman–Crippen MR) is 126 cm³/mol. The molecule has 1 atom stereocenters. The Kier molecular flexibility index (Phi) is 6.68. The number of aromatic nitrogens is 2. The van der Waals surface area contributed by atoms with Crippen LogP contribution in [-0.4, -0.2) is 41.9 Å². The number of nitrogens with one attached hydrogen (secondary N) is 1. The second kappa shape index (κ2) is 9.48. The average Bonchev–Trinajstić information content (AvgIpc) is 3.31. The number of carbonyl (C=O) groups excluding carboxylic acids is 1. The monoisotopic (exact) mass is 470 g/mol. The molecular formula is C23H26N4O3S2. The molecule has 168 valence electrons. The molecule has 32 heavy (non-hydrogen) atoms.